The topological polar surface area (TPSA) is 68.2 Å². The molecule has 0 radical (unpaired) electrons. The molecule has 1 aromatic carbocycles. The maximum absolute atomic E-state index is 5.61. The van der Waals surface area contributed by atoms with Gasteiger partial charge < -0.3 is 10.3 Å². The first kappa shape index (κ1) is 14.2. The maximum Gasteiger partial charge on any atom is 0.244 e. The molecule has 1 unspecified atom stereocenters. The van der Waals surface area contributed by atoms with E-state index in [1.54, 1.807) is 0 Å². The summed E-state index contributed by atoms with van der Waals surface area (Å²) in [6, 6.07) is 8.29. The number of rotatable bonds is 5. The van der Waals surface area contributed by atoms with Gasteiger partial charge in [0.15, 0.2) is 0 Å². The average Bonchev–Trinajstić information content (AvgIpc) is 3.16. The number of aromatic nitrogens is 2. The highest BCUT2D eigenvalue weighted by atomic mass is 16.5. The van der Waals surface area contributed by atoms with Gasteiger partial charge in [0.2, 0.25) is 11.7 Å². The molecule has 1 aliphatic rings. The summed E-state index contributed by atoms with van der Waals surface area (Å²) in [6.45, 7) is 4.97. The fraction of sp³-hybridized carbons (Fsp3) is 0.500. The van der Waals surface area contributed by atoms with E-state index in [4.69, 9.17) is 10.3 Å². The number of benzene rings is 1. The first-order chi connectivity index (χ1) is 10.3. The summed E-state index contributed by atoms with van der Waals surface area (Å²) in [5.41, 5.74) is 7.69. The van der Waals surface area contributed by atoms with Crippen molar-refractivity contribution >= 4 is 0 Å². The van der Waals surface area contributed by atoms with Gasteiger partial charge in [-0.1, -0.05) is 36.3 Å². The second-order valence-corrected chi connectivity index (χ2v) is 5.55. The van der Waals surface area contributed by atoms with Crippen LogP contribution in [0, 0.1) is 0 Å². The Hall–Kier alpha value is -1.72. The van der Waals surface area contributed by atoms with Crippen molar-refractivity contribution in [2.24, 2.45) is 5.73 Å². The van der Waals surface area contributed by atoms with Gasteiger partial charge in [-0.2, -0.15) is 4.98 Å². The largest absolute Gasteiger partial charge is 0.337 e. The third-order valence-corrected chi connectivity index (χ3v) is 4.05. The summed E-state index contributed by atoms with van der Waals surface area (Å²) in [5.74, 6) is 1.41. The lowest BCUT2D eigenvalue weighted by atomic mass is 10.1. The molecule has 1 fully saturated rings. The molecular weight excluding hydrogens is 264 g/mol. The van der Waals surface area contributed by atoms with Crippen LogP contribution in [0.2, 0.25) is 0 Å². The lowest BCUT2D eigenvalue weighted by molar-refractivity contribution is 0.208. The van der Waals surface area contributed by atoms with Crippen molar-refractivity contribution in [2.75, 3.05) is 13.1 Å². The van der Waals surface area contributed by atoms with Gasteiger partial charge in [0.05, 0.1) is 6.04 Å². The molecule has 3 rings (SSSR count). The molecule has 1 aliphatic heterocycles. The summed E-state index contributed by atoms with van der Waals surface area (Å²) in [4.78, 5) is 7.04. The highest BCUT2D eigenvalue weighted by molar-refractivity contribution is 5.54. The van der Waals surface area contributed by atoms with Crippen molar-refractivity contribution < 1.29 is 4.52 Å². The van der Waals surface area contributed by atoms with E-state index in [0.29, 0.717) is 12.4 Å². The van der Waals surface area contributed by atoms with Crippen LogP contribution < -0.4 is 5.73 Å². The molecule has 2 heterocycles. The molecular formula is C16H22N4O. The molecule has 0 aliphatic carbocycles. The zero-order valence-corrected chi connectivity index (χ0v) is 12.5. The van der Waals surface area contributed by atoms with E-state index < -0.39 is 0 Å². The lowest BCUT2D eigenvalue weighted by Gasteiger charge is -2.20. The zero-order valence-electron chi connectivity index (χ0n) is 12.5. The maximum atomic E-state index is 5.61. The predicted molar refractivity (Wildman–Crippen MR) is 81.5 cm³/mol. The molecule has 1 atom stereocenters. The Morgan fingerprint density at radius 1 is 1.33 bits per heavy atom. The minimum atomic E-state index is 0.287. The molecule has 5 nitrogen and oxygen atoms in total. The van der Waals surface area contributed by atoms with E-state index in [9.17, 15) is 0 Å². The van der Waals surface area contributed by atoms with E-state index in [0.717, 1.165) is 42.9 Å². The second-order valence-electron chi connectivity index (χ2n) is 5.55. The van der Waals surface area contributed by atoms with Gasteiger partial charge in [0.1, 0.15) is 0 Å². The molecule has 0 amide bonds. The number of nitrogens with zero attached hydrogens (tertiary/aromatic N) is 3. The molecule has 5 heteroatoms. The second kappa shape index (κ2) is 6.37. The molecule has 1 saturated heterocycles. The van der Waals surface area contributed by atoms with Crippen molar-refractivity contribution in [3.05, 3.63) is 35.7 Å². The third-order valence-electron chi connectivity index (χ3n) is 4.05. The van der Waals surface area contributed by atoms with Crippen LogP contribution in [0.25, 0.3) is 11.4 Å². The minimum absolute atomic E-state index is 0.287. The molecule has 112 valence electrons. The van der Waals surface area contributed by atoms with E-state index in [-0.39, 0.29) is 6.04 Å². The summed E-state index contributed by atoms with van der Waals surface area (Å²) < 4.78 is 5.51. The number of likely N-dealkylation sites (tertiary alicyclic amines) is 1. The summed E-state index contributed by atoms with van der Waals surface area (Å²) in [7, 11) is 0. The van der Waals surface area contributed by atoms with E-state index >= 15 is 0 Å². The van der Waals surface area contributed by atoms with Crippen molar-refractivity contribution in [2.45, 2.75) is 38.8 Å². The van der Waals surface area contributed by atoms with Crippen LogP contribution in [0.3, 0.4) is 0 Å². The fourth-order valence-electron chi connectivity index (χ4n) is 2.94. The van der Waals surface area contributed by atoms with Crippen molar-refractivity contribution in [1.29, 1.82) is 0 Å². The van der Waals surface area contributed by atoms with Crippen molar-refractivity contribution in [3.8, 4) is 11.4 Å². The van der Waals surface area contributed by atoms with Crippen LogP contribution in [0.5, 0.6) is 0 Å². The van der Waals surface area contributed by atoms with E-state index in [2.05, 4.69) is 22.0 Å². The van der Waals surface area contributed by atoms with Gasteiger partial charge in [-0.05, 0) is 37.9 Å². The van der Waals surface area contributed by atoms with Gasteiger partial charge in [-0.3, -0.25) is 4.90 Å². The normalized spacial score (nSPS) is 19.2. The molecule has 2 N–H and O–H groups in total. The van der Waals surface area contributed by atoms with Crippen LogP contribution in [-0.4, -0.2) is 28.1 Å². The Balaban J connectivity index is 1.79. The highest BCUT2D eigenvalue weighted by Crippen LogP contribution is 2.31. The average molecular weight is 286 g/mol. The number of hydrogen-bond acceptors (Lipinski definition) is 5. The molecule has 0 bridgehead atoms. The van der Waals surface area contributed by atoms with Crippen LogP contribution >= 0.6 is 0 Å². The summed E-state index contributed by atoms with van der Waals surface area (Å²) in [6.07, 6.45) is 3.46. The molecule has 21 heavy (non-hydrogen) atoms. The van der Waals surface area contributed by atoms with Crippen LogP contribution in [-0.2, 0) is 6.54 Å². The predicted octanol–water partition coefficient (Wildman–Crippen LogP) is 2.74. The third kappa shape index (κ3) is 2.99. The Morgan fingerprint density at radius 3 is 2.86 bits per heavy atom. The summed E-state index contributed by atoms with van der Waals surface area (Å²) in [5, 5.41) is 4.14. The molecule has 0 spiro atoms. The Labute approximate surface area is 125 Å². The number of nitrogens with two attached hydrogens (primary N) is 1. The van der Waals surface area contributed by atoms with Crippen LogP contribution in [0.4, 0.5) is 0 Å². The summed E-state index contributed by atoms with van der Waals surface area (Å²) >= 11 is 0. The van der Waals surface area contributed by atoms with Gasteiger partial charge in [-0.15, -0.1) is 0 Å². The Bertz CT molecular complexity index is 578. The van der Waals surface area contributed by atoms with Crippen molar-refractivity contribution in [3.63, 3.8) is 0 Å². The monoisotopic (exact) mass is 286 g/mol. The lowest BCUT2D eigenvalue weighted by Crippen LogP contribution is -2.24. The standard InChI is InChI=1S/C16H22N4O/c1-2-9-20-10-3-4-14(20)16-18-15(19-21-16)13-7-5-12(11-17)6-8-13/h5-8,14H,2-4,9-11,17H2,1H3. The fourth-order valence-corrected chi connectivity index (χ4v) is 2.94. The Kier molecular flexibility index (Phi) is 4.31. The van der Waals surface area contributed by atoms with Gasteiger partial charge in [0.25, 0.3) is 0 Å². The molecule has 0 saturated carbocycles. The van der Waals surface area contributed by atoms with Gasteiger partial charge in [0, 0.05) is 12.1 Å². The van der Waals surface area contributed by atoms with Crippen LogP contribution in [0.1, 0.15) is 43.7 Å². The van der Waals surface area contributed by atoms with E-state index in [1.807, 2.05) is 24.3 Å². The quantitative estimate of drug-likeness (QED) is 0.915. The first-order valence-electron chi connectivity index (χ1n) is 7.69. The first-order valence-corrected chi connectivity index (χ1v) is 7.69. The van der Waals surface area contributed by atoms with Crippen LogP contribution in [0.15, 0.2) is 28.8 Å². The number of hydrogen-bond donors (Lipinski definition) is 1. The van der Waals surface area contributed by atoms with E-state index in [1.165, 1.54) is 6.42 Å². The van der Waals surface area contributed by atoms with Gasteiger partial charge >= 0.3 is 0 Å². The van der Waals surface area contributed by atoms with Gasteiger partial charge in [-0.25, -0.2) is 0 Å². The minimum Gasteiger partial charge on any atom is -0.337 e. The highest BCUT2D eigenvalue weighted by Gasteiger charge is 2.30. The molecule has 2 aromatic rings. The van der Waals surface area contributed by atoms with Crippen molar-refractivity contribution in [1.82, 2.24) is 15.0 Å². The zero-order chi connectivity index (χ0) is 14.7. The molecule has 1 aromatic heterocycles. The Morgan fingerprint density at radius 2 is 2.14 bits per heavy atom. The smallest absolute Gasteiger partial charge is 0.244 e. The SMILES string of the molecule is CCCN1CCCC1c1nc(-c2ccc(CN)cc2)no1.